The summed E-state index contributed by atoms with van der Waals surface area (Å²) in [5.41, 5.74) is -0.266. The number of benzene rings is 2. The van der Waals surface area contributed by atoms with Gasteiger partial charge in [-0.2, -0.15) is 0 Å². The van der Waals surface area contributed by atoms with Crippen molar-refractivity contribution in [2.24, 2.45) is 5.41 Å². The Morgan fingerprint density at radius 2 is 1.77 bits per heavy atom. The minimum absolute atomic E-state index is 0. The maximum Gasteiger partial charge on any atom is 0.233 e. The summed E-state index contributed by atoms with van der Waals surface area (Å²) >= 11 is 6.26. The first-order chi connectivity index (χ1) is 14.3. The lowest BCUT2D eigenvalue weighted by molar-refractivity contribution is -0.148. The highest BCUT2D eigenvalue weighted by atomic mass is 35.5. The van der Waals surface area contributed by atoms with E-state index in [1.165, 1.54) is 0 Å². The van der Waals surface area contributed by atoms with Gasteiger partial charge in [-0.05, 0) is 56.9 Å². The average molecular weight is 467 g/mol. The molecule has 0 aromatic heterocycles. The van der Waals surface area contributed by atoms with Crippen LogP contribution in [0.4, 0.5) is 5.69 Å². The van der Waals surface area contributed by atoms with Gasteiger partial charge in [0.15, 0.2) is 0 Å². The number of aliphatic hydroxyl groups is 1. The molecule has 0 spiro atoms. The third kappa shape index (κ3) is 5.72. The van der Waals surface area contributed by atoms with Gasteiger partial charge in [0.25, 0.3) is 0 Å². The fourth-order valence-electron chi connectivity index (χ4n) is 3.99. The molecule has 1 aliphatic heterocycles. The van der Waals surface area contributed by atoms with Crippen LogP contribution in [0.3, 0.4) is 0 Å². The molecule has 1 aliphatic rings. The van der Waals surface area contributed by atoms with Gasteiger partial charge in [-0.15, -0.1) is 12.4 Å². The Hall–Kier alpha value is -1.79. The SMILES string of the molecule is COc1ccccc1NC(=O)C(C)(C)C1(O)CCN(CCc2ccccc2Cl)CC1.Cl. The number of hydrogen-bond donors (Lipinski definition) is 2. The molecule has 0 saturated carbocycles. The molecule has 1 saturated heterocycles. The summed E-state index contributed by atoms with van der Waals surface area (Å²) in [5, 5.41) is 15.1. The highest BCUT2D eigenvalue weighted by Gasteiger charge is 2.50. The summed E-state index contributed by atoms with van der Waals surface area (Å²) in [6, 6.07) is 15.2. The molecule has 5 nitrogen and oxygen atoms in total. The van der Waals surface area contributed by atoms with E-state index in [4.69, 9.17) is 16.3 Å². The van der Waals surface area contributed by atoms with Crippen LogP contribution in [0.1, 0.15) is 32.3 Å². The number of halogens is 2. The van der Waals surface area contributed by atoms with Crippen LogP contribution in [0.2, 0.25) is 5.02 Å². The van der Waals surface area contributed by atoms with E-state index in [1.54, 1.807) is 19.2 Å². The molecule has 170 valence electrons. The Morgan fingerprint density at radius 1 is 1.16 bits per heavy atom. The number of hydrogen-bond acceptors (Lipinski definition) is 4. The summed E-state index contributed by atoms with van der Waals surface area (Å²) in [6.07, 6.45) is 1.96. The largest absolute Gasteiger partial charge is 0.495 e. The maximum atomic E-state index is 13.1. The number of amides is 1. The molecule has 0 bridgehead atoms. The van der Waals surface area contributed by atoms with Crippen molar-refractivity contribution in [3.63, 3.8) is 0 Å². The smallest absolute Gasteiger partial charge is 0.233 e. The highest BCUT2D eigenvalue weighted by molar-refractivity contribution is 6.31. The zero-order valence-electron chi connectivity index (χ0n) is 18.4. The molecule has 2 aromatic carbocycles. The second kappa shape index (κ2) is 10.7. The molecule has 0 atom stereocenters. The molecule has 2 aromatic rings. The van der Waals surface area contributed by atoms with Gasteiger partial charge in [-0.25, -0.2) is 0 Å². The van der Waals surface area contributed by atoms with E-state index in [2.05, 4.69) is 10.2 Å². The zero-order valence-corrected chi connectivity index (χ0v) is 19.9. The summed E-state index contributed by atoms with van der Waals surface area (Å²) in [5.74, 6) is 0.391. The van der Waals surface area contributed by atoms with Crippen molar-refractivity contribution in [3.8, 4) is 5.75 Å². The number of piperidine rings is 1. The number of anilines is 1. The third-order valence-corrected chi connectivity index (χ3v) is 6.79. The van der Waals surface area contributed by atoms with Crippen LogP contribution in [0.25, 0.3) is 0 Å². The van der Waals surface area contributed by atoms with Crippen LogP contribution >= 0.6 is 24.0 Å². The number of rotatable bonds is 7. The number of likely N-dealkylation sites (tertiary alicyclic amines) is 1. The van der Waals surface area contributed by atoms with Gasteiger partial charge in [0.2, 0.25) is 5.91 Å². The standard InChI is InChI=1S/C24H31ClN2O3.ClH/c1-23(2,22(28)26-20-10-6-7-11-21(20)30-3)24(29)13-16-27(17-14-24)15-12-18-8-4-5-9-19(18)25;/h4-11,29H,12-17H2,1-3H3,(H,26,28);1H. The monoisotopic (exact) mass is 466 g/mol. The van der Waals surface area contributed by atoms with E-state index < -0.39 is 11.0 Å². The van der Waals surface area contributed by atoms with Gasteiger partial charge < -0.3 is 20.1 Å². The van der Waals surface area contributed by atoms with Crippen molar-refractivity contribution in [1.82, 2.24) is 4.90 Å². The second-order valence-corrected chi connectivity index (χ2v) is 8.90. The number of ether oxygens (including phenoxy) is 1. The Morgan fingerprint density at radius 3 is 2.42 bits per heavy atom. The Labute approximate surface area is 196 Å². The predicted octanol–water partition coefficient (Wildman–Crippen LogP) is 4.80. The van der Waals surface area contributed by atoms with Gasteiger partial charge in [0, 0.05) is 24.7 Å². The Bertz CT molecular complexity index is 881. The van der Waals surface area contributed by atoms with Crippen LogP contribution in [0, 0.1) is 5.41 Å². The van der Waals surface area contributed by atoms with E-state index >= 15 is 0 Å². The number of methoxy groups -OCH3 is 1. The highest BCUT2D eigenvalue weighted by Crippen LogP contribution is 2.40. The first-order valence-corrected chi connectivity index (χ1v) is 10.8. The minimum atomic E-state index is -1.07. The lowest BCUT2D eigenvalue weighted by Crippen LogP contribution is -2.57. The van der Waals surface area contributed by atoms with Crippen molar-refractivity contribution >= 4 is 35.6 Å². The summed E-state index contributed by atoms with van der Waals surface area (Å²) in [7, 11) is 1.57. The lowest BCUT2D eigenvalue weighted by atomic mass is 9.69. The van der Waals surface area contributed by atoms with Crippen molar-refractivity contribution < 1.29 is 14.6 Å². The third-order valence-electron chi connectivity index (χ3n) is 6.42. The van der Waals surface area contributed by atoms with Crippen LogP contribution < -0.4 is 10.1 Å². The zero-order chi connectivity index (χ0) is 21.8. The number of para-hydroxylation sites is 2. The van der Waals surface area contributed by atoms with E-state index in [1.807, 2.05) is 50.2 Å². The molecule has 31 heavy (non-hydrogen) atoms. The normalized spacial score (nSPS) is 16.3. The minimum Gasteiger partial charge on any atom is -0.495 e. The predicted molar refractivity (Wildman–Crippen MR) is 128 cm³/mol. The van der Waals surface area contributed by atoms with Crippen LogP contribution in [0.15, 0.2) is 48.5 Å². The van der Waals surface area contributed by atoms with Gasteiger partial charge >= 0.3 is 0 Å². The van der Waals surface area contributed by atoms with E-state index in [9.17, 15) is 9.90 Å². The molecule has 0 unspecified atom stereocenters. The molecular formula is C24H32Cl2N2O3. The Balaban J connectivity index is 0.00000341. The molecule has 0 aliphatic carbocycles. The summed E-state index contributed by atoms with van der Waals surface area (Å²) < 4.78 is 5.32. The van der Waals surface area contributed by atoms with Crippen molar-refractivity contribution in [2.45, 2.75) is 38.7 Å². The van der Waals surface area contributed by atoms with E-state index in [0.717, 1.165) is 36.6 Å². The van der Waals surface area contributed by atoms with Gasteiger partial charge in [0.1, 0.15) is 5.75 Å². The summed E-state index contributed by atoms with van der Waals surface area (Å²) in [4.78, 5) is 15.4. The number of nitrogens with zero attached hydrogens (tertiary/aromatic N) is 1. The molecule has 3 rings (SSSR count). The van der Waals surface area contributed by atoms with Crippen molar-refractivity contribution in [2.75, 3.05) is 32.1 Å². The quantitative estimate of drug-likeness (QED) is 0.614. The molecule has 1 heterocycles. The maximum absolute atomic E-state index is 13.1. The first-order valence-electron chi connectivity index (χ1n) is 10.4. The van der Waals surface area contributed by atoms with Crippen LogP contribution in [-0.2, 0) is 11.2 Å². The second-order valence-electron chi connectivity index (χ2n) is 8.49. The van der Waals surface area contributed by atoms with Gasteiger partial charge in [-0.3, -0.25) is 4.79 Å². The molecule has 1 amide bonds. The summed E-state index contributed by atoms with van der Waals surface area (Å²) in [6.45, 7) is 6.00. The number of carbonyl (C=O) groups excluding carboxylic acids is 1. The van der Waals surface area contributed by atoms with Gasteiger partial charge in [-0.1, -0.05) is 41.9 Å². The van der Waals surface area contributed by atoms with Gasteiger partial charge in [0.05, 0.1) is 23.8 Å². The molecule has 2 N–H and O–H groups in total. The average Bonchev–Trinajstić information content (AvgIpc) is 2.74. The fourth-order valence-corrected chi connectivity index (χ4v) is 4.22. The molecule has 7 heteroatoms. The number of carbonyl (C=O) groups is 1. The molecular weight excluding hydrogens is 435 g/mol. The Kier molecular flexibility index (Phi) is 8.78. The first kappa shape index (κ1) is 25.5. The van der Waals surface area contributed by atoms with E-state index in [-0.39, 0.29) is 18.3 Å². The van der Waals surface area contributed by atoms with Crippen molar-refractivity contribution in [1.29, 1.82) is 0 Å². The number of nitrogens with one attached hydrogen (secondary N) is 1. The lowest BCUT2D eigenvalue weighted by Gasteiger charge is -2.46. The van der Waals surface area contributed by atoms with Crippen LogP contribution in [0.5, 0.6) is 5.75 Å². The topological polar surface area (TPSA) is 61.8 Å². The molecule has 0 radical (unpaired) electrons. The fraction of sp³-hybridized carbons (Fsp3) is 0.458. The van der Waals surface area contributed by atoms with Crippen molar-refractivity contribution in [3.05, 3.63) is 59.1 Å². The van der Waals surface area contributed by atoms with Crippen LogP contribution in [-0.4, -0.2) is 48.3 Å². The van der Waals surface area contributed by atoms with E-state index in [0.29, 0.717) is 24.3 Å². The molecule has 1 fully saturated rings.